The monoisotopic (exact) mass is 316 g/mol. The van der Waals surface area contributed by atoms with Crippen LogP contribution in [0.5, 0.6) is 5.75 Å². The van der Waals surface area contributed by atoms with Crippen LogP contribution in [0.4, 0.5) is 4.79 Å². The second-order valence-corrected chi connectivity index (χ2v) is 6.04. The van der Waals surface area contributed by atoms with Gasteiger partial charge in [0.15, 0.2) is 0 Å². The molecule has 1 fully saturated rings. The molecule has 0 radical (unpaired) electrons. The Bertz CT molecular complexity index is 703. The van der Waals surface area contributed by atoms with Gasteiger partial charge >= 0.3 is 6.09 Å². The van der Waals surface area contributed by atoms with Gasteiger partial charge in [0.1, 0.15) is 17.0 Å². The van der Waals surface area contributed by atoms with Gasteiger partial charge < -0.3 is 15.6 Å². The second kappa shape index (κ2) is 5.91. The molecular formula is C16H20N4O3. The molecule has 1 aliphatic rings. The SMILES string of the molecule is Cn1nnc(-c2ccc(O)cc2)c1CC1(OC(N)=O)CCCC1. The zero-order chi connectivity index (χ0) is 16.4. The molecule has 7 heteroatoms. The van der Waals surface area contributed by atoms with E-state index in [0.29, 0.717) is 6.42 Å². The summed E-state index contributed by atoms with van der Waals surface area (Å²) in [6.07, 6.45) is 3.37. The molecule has 0 aliphatic heterocycles. The number of carbonyl (C=O) groups is 1. The number of amides is 1. The fourth-order valence-corrected chi connectivity index (χ4v) is 3.27. The number of rotatable bonds is 4. The maximum absolute atomic E-state index is 11.3. The molecule has 0 spiro atoms. The van der Waals surface area contributed by atoms with E-state index < -0.39 is 11.7 Å². The molecule has 23 heavy (non-hydrogen) atoms. The minimum Gasteiger partial charge on any atom is -0.508 e. The van der Waals surface area contributed by atoms with E-state index in [-0.39, 0.29) is 5.75 Å². The molecule has 0 saturated heterocycles. The Balaban J connectivity index is 1.95. The maximum Gasteiger partial charge on any atom is 0.405 e. The fraction of sp³-hybridized carbons (Fsp3) is 0.438. The van der Waals surface area contributed by atoms with Crippen molar-refractivity contribution in [1.29, 1.82) is 0 Å². The molecule has 3 N–H and O–H groups in total. The fourth-order valence-electron chi connectivity index (χ4n) is 3.27. The van der Waals surface area contributed by atoms with E-state index in [0.717, 1.165) is 42.6 Å². The number of carbonyl (C=O) groups excluding carboxylic acids is 1. The zero-order valence-corrected chi connectivity index (χ0v) is 13.0. The van der Waals surface area contributed by atoms with Crippen LogP contribution in [0.1, 0.15) is 31.4 Å². The number of hydrogen-bond donors (Lipinski definition) is 2. The summed E-state index contributed by atoms with van der Waals surface area (Å²) >= 11 is 0. The van der Waals surface area contributed by atoms with Crippen molar-refractivity contribution < 1.29 is 14.6 Å². The predicted octanol–water partition coefficient (Wildman–Crippen LogP) is 2.14. The van der Waals surface area contributed by atoms with E-state index in [2.05, 4.69) is 10.3 Å². The molecule has 122 valence electrons. The first-order valence-corrected chi connectivity index (χ1v) is 7.65. The minimum atomic E-state index is -0.742. The van der Waals surface area contributed by atoms with Crippen molar-refractivity contribution in [2.24, 2.45) is 12.8 Å². The number of nitrogens with zero attached hydrogens (tertiary/aromatic N) is 3. The Labute approximate surface area is 134 Å². The molecule has 1 saturated carbocycles. The van der Waals surface area contributed by atoms with Crippen LogP contribution in [0, 0.1) is 0 Å². The summed E-state index contributed by atoms with van der Waals surface area (Å²) in [4.78, 5) is 11.3. The highest BCUT2D eigenvalue weighted by molar-refractivity contribution is 5.66. The van der Waals surface area contributed by atoms with Crippen molar-refractivity contribution in [3.05, 3.63) is 30.0 Å². The van der Waals surface area contributed by atoms with Gasteiger partial charge in [-0.2, -0.15) is 0 Å². The second-order valence-electron chi connectivity index (χ2n) is 6.04. The molecule has 7 nitrogen and oxygen atoms in total. The number of aromatic hydroxyl groups is 1. The molecule has 1 aromatic heterocycles. The van der Waals surface area contributed by atoms with Gasteiger partial charge in [0, 0.05) is 19.0 Å². The first-order valence-electron chi connectivity index (χ1n) is 7.65. The summed E-state index contributed by atoms with van der Waals surface area (Å²) in [7, 11) is 1.82. The lowest BCUT2D eigenvalue weighted by Crippen LogP contribution is -2.37. The first kappa shape index (κ1) is 15.3. The Hall–Kier alpha value is -2.57. The standard InChI is InChI=1S/C16H20N4O3/c1-20-13(10-16(23-15(17)22)8-2-3-9-16)14(18-19-20)11-4-6-12(21)7-5-11/h4-7,21H,2-3,8-10H2,1H3,(H2,17,22). The number of ether oxygens (including phenoxy) is 1. The van der Waals surface area contributed by atoms with Crippen molar-refractivity contribution in [2.45, 2.75) is 37.7 Å². The summed E-state index contributed by atoms with van der Waals surface area (Å²) in [5.74, 6) is 0.198. The number of aromatic nitrogens is 3. The van der Waals surface area contributed by atoms with Crippen LogP contribution in [-0.2, 0) is 18.2 Å². The molecule has 1 amide bonds. The van der Waals surface area contributed by atoms with Crippen LogP contribution in [0.25, 0.3) is 11.3 Å². The van der Waals surface area contributed by atoms with Crippen molar-refractivity contribution >= 4 is 6.09 Å². The maximum atomic E-state index is 11.3. The van der Waals surface area contributed by atoms with E-state index in [4.69, 9.17) is 10.5 Å². The number of hydrogen-bond acceptors (Lipinski definition) is 5. The summed E-state index contributed by atoms with van der Waals surface area (Å²) in [6, 6.07) is 6.80. The van der Waals surface area contributed by atoms with Gasteiger partial charge in [-0.15, -0.1) is 5.10 Å². The zero-order valence-electron chi connectivity index (χ0n) is 13.0. The molecule has 1 heterocycles. The quantitative estimate of drug-likeness (QED) is 0.899. The smallest absolute Gasteiger partial charge is 0.405 e. The summed E-state index contributed by atoms with van der Waals surface area (Å²) in [5.41, 5.74) is 7.16. The lowest BCUT2D eigenvalue weighted by atomic mass is 9.93. The highest BCUT2D eigenvalue weighted by Crippen LogP contribution is 2.38. The van der Waals surface area contributed by atoms with Crippen LogP contribution in [0.2, 0.25) is 0 Å². The molecule has 2 aromatic rings. The molecule has 1 aliphatic carbocycles. The average Bonchev–Trinajstić information content (AvgIpc) is 3.08. The number of phenolic OH excluding ortho intramolecular Hbond substituents is 1. The lowest BCUT2D eigenvalue weighted by Gasteiger charge is -2.28. The topological polar surface area (TPSA) is 103 Å². The first-order chi connectivity index (χ1) is 11.0. The third-order valence-electron chi connectivity index (χ3n) is 4.41. The number of benzene rings is 1. The van der Waals surface area contributed by atoms with Crippen molar-refractivity contribution in [3.8, 4) is 17.0 Å². The number of aryl methyl sites for hydroxylation is 1. The molecule has 1 aromatic carbocycles. The number of primary amides is 1. The van der Waals surface area contributed by atoms with Crippen LogP contribution in [0.3, 0.4) is 0 Å². The van der Waals surface area contributed by atoms with E-state index in [1.165, 1.54) is 0 Å². The van der Waals surface area contributed by atoms with Crippen LogP contribution >= 0.6 is 0 Å². The van der Waals surface area contributed by atoms with Gasteiger partial charge in [-0.1, -0.05) is 5.21 Å². The Morgan fingerprint density at radius 1 is 1.35 bits per heavy atom. The highest BCUT2D eigenvalue weighted by atomic mass is 16.6. The number of nitrogens with two attached hydrogens (primary N) is 1. The van der Waals surface area contributed by atoms with Crippen molar-refractivity contribution in [1.82, 2.24) is 15.0 Å². The highest BCUT2D eigenvalue weighted by Gasteiger charge is 2.39. The van der Waals surface area contributed by atoms with Gasteiger partial charge in [0.05, 0.1) is 5.69 Å². The molecule has 3 rings (SSSR count). The van der Waals surface area contributed by atoms with Crippen LogP contribution in [-0.4, -0.2) is 31.8 Å². The van der Waals surface area contributed by atoms with E-state index in [1.54, 1.807) is 28.9 Å². The molecule has 0 bridgehead atoms. The van der Waals surface area contributed by atoms with Crippen molar-refractivity contribution in [2.75, 3.05) is 0 Å². The summed E-state index contributed by atoms with van der Waals surface area (Å²) < 4.78 is 7.17. The van der Waals surface area contributed by atoms with E-state index in [1.807, 2.05) is 7.05 Å². The van der Waals surface area contributed by atoms with Gasteiger partial charge in [-0.25, -0.2) is 4.79 Å². The summed E-state index contributed by atoms with van der Waals surface area (Å²) in [6.45, 7) is 0. The van der Waals surface area contributed by atoms with Crippen molar-refractivity contribution in [3.63, 3.8) is 0 Å². The average molecular weight is 316 g/mol. The molecule has 0 atom stereocenters. The van der Waals surface area contributed by atoms with E-state index in [9.17, 15) is 9.90 Å². The lowest BCUT2D eigenvalue weighted by molar-refractivity contribution is 0.0208. The Morgan fingerprint density at radius 2 is 2.00 bits per heavy atom. The third kappa shape index (κ3) is 3.13. The van der Waals surface area contributed by atoms with E-state index >= 15 is 0 Å². The largest absolute Gasteiger partial charge is 0.508 e. The van der Waals surface area contributed by atoms with Crippen LogP contribution in [0.15, 0.2) is 24.3 Å². The van der Waals surface area contributed by atoms with Gasteiger partial charge in [-0.05, 0) is 49.9 Å². The van der Waals surface area contributed by atoms with Crippen LogP contribution < -0.4 is 5.73 Å². The Kier molecular flexibility index (Phi) is 3.94. The van der Waals surface area contributed by atoms with Gasteiger partial charge in [-0.3, -0.25) is 4.68 Å². The number of phenols is 1. The third-order valence-corrected chi connectivity index (χ3v) is 4.41. The van der Waals surface area contributed by atoms with Gasteiger partial charge in [0.25, 0.3) is 0 Å². The van der Waals surface area contributed by atoms with Gasteiger partial charge in [0.2, 0.25) is 0 Å². The summed E-state index contributed by atoms with van der Waals surface area (Å²) in [5, 5.41) is 17.8. The minimum absolute atomic E-state index is 0.198. The normalized spacial score (nSPS) is 16.4. The molecular weight excluding hydrogens is 296 g/mol. The Morgan fingerprint density at radius 3 is 2.61 bits per heavy atom. The molecule has 0 unspecified atom stereocenters. The predicted molar refractivity (Wildman–Crippen MR) is 83.7 cm³/mol.